The Balaban J connectivity index is 1.79. The first-order chi connectivity index (χ1) is 9.28. The van der Waals surface area contributed by atoms with E-state index in [1.165, 1.54) is 5.56 Å². The second-order valence-corrected chi connectivity index (χ2v) is 5.02. The van der Waals surface area contributed by atoms with Gasteiger partial charge in [0.15, 0.2) is 0 Å². The molecule has 2 aromatic rings. The molecule has 0 spiro atoms. The molecule has 102 valence electrons. The fourth-order valence-corrected chi connectivity index (χ4v) is 2.75. The molecule has 0 saturated carbocycles. The number of methoxy groups -OCH3 is 1. The summed E-state index contributed by atoms with van der Waals surface area (Å²) in [5.41, 5.74) is 1.23. The van der Waals surface area contributed by atoms with Crippen molar-refractivity contribution in [2.24, 2.45) is 0 Å². The van der Waals surface area contributed by atoms with Crippen molar-refractivity contribution in [2.45, 2.75) is 32.0 Å². The number of H-pyrrole nitrogens is 1. The molecule has 5 heteroatoms. The Morgan fingerprint density at radius 2 is 2.47 bits per heavy atom. The third-order valence-electron chi connectivity index (χ3n) is 3.87. The van der Waals surface area contributed by atoms with Crippen LogP contribution in [0.2, 0.25) is 0 Å². The Kier molecular flexibility index (Phi) is 3.40. The highest BCUT2D eigenvalue weighted by molar-refractivity contribution is 5.16. The SMILES string of the molecule is CO[C@@H]1CC(c2ncc[nH]2)N(Cc2ccoc2C)C1. The highest BCUT2D eigenvalue weighted by Gasteiger charge is 2.34. The van der Waals surface area contributed by atoms with E-state index >= 15 is 0 Å². The largest absolute Gasteiger partial charge is 0.469 e. The highest BCUT2D eigenvalue weighted by atomic mass is 16.5. The molecule has 1 fully saturated rings. The average molecular weight is 261 g/mol. The fraction of sp³-hybridized carbons (Fsp3) is 0.500. The van der Waals surface area contributed by atoms with Crippen molar-refractivity contribution in [3.8, 4) is 0 Å². The molecule has 2 atom stereocenters. The Hall–Kier alpha value is -1.59. The summed E-state index contributed by atoms with van der Waals surface area (Å²) in [5.74, 6) is 2.00. The molecule has 2 aromatic heterocycles. The van der Waals surface area contributed by atoms with E-state index in [9.17, 15) is 0 Å². The van der Waals surface area contributed by atoms with Crippen LogP contribution in [-0.4, -0.2) is 34.6 Å². The molecule has 0 bridgehead atoms. The Bertz CT molecular complexity index is 521. The van der Waals surface area contributed by atoms with Gasteiger partial charge in [0.05, 0.1) is 18.4 Å². The van der Waals surface area contributed by atoms with Crippen LogP contribution in [0, 0.1) is 6.92 Å². The minimum absolute atomic E-state index is 0.266. The Labute approximate surface area is 112 Å². The van der Waals surface area contributed by atoms with E-state index in [4.69, 9.17) is 9.15 Å². The summed E-state index contributed by atoms with van der Waals surface area (Å²) in [6.07, 6.45) is 6.66. The molecular weight excluding hydrogens is 242 g/mol. The van der Waals surface area contributed by atoms with E-state index in [1.807, 2.05) is 19.2 Å². The van der Waals surface area contributed by atoms with Gasteiger partial charge in [-0.05, 0) is 19.4 Å². The second-order valence-electron chi connectivity index (χ2n) is 5.02. The molecule has 1 saturated heterocycles. The molecular formula is C14H19N3O2. The van der Waals surface area contributed by atoms with Crippen LogP contribution in [0.25, 0.3) is 0 Å². The maximum Gasteiger partial charge on any atom is 0.123 e. The van der Waals surface area contributed by atoms with E-state index in [-0.39, 0.29) is 12.1 Å². The van der Waals surface area contributed by atoms with E-state index in [2.05, 4.69) is 14.9 Å². The van der Waals surface area contributed by atoms with Crippen molar-refractivity contribution < 1.29 is 9.15 Å². The van der Waals surface area contributed by atoms with Crippen molar-refractivity contribution in [1.82, 2.24) is 14.9 Å². The monoisotopic (exact) mass is 261 g/mol. The number of nitrogens with zero attached hydrogens (tertiary/aromatic N) is 2. The number of aromatic amines is 1. The molecule has 3 heterocycles. The number of likely N-dealkylation sites (tertiary alicyclic amines) is 1. The number of rotatable bonds is 4. The van der Waals surface area contributed by atoms with Crippen molar-refractivity contribution in [3.63, 3.8) is 0 Å². The summed E-state index contributed by atoms with van der Waals surface area (Å²) in [6.45, 7) is 3.79. The zero-order chi connectivity index (χ0) is 13.2. The van der Waals surface area contributed by atoms with E-state index in [0.29, 0.717) is 0 Å². The second kappa shape index (κ2) is 5.19. The number of aryl methyl sites for hydroxylation is 1. The molecule has 1 unspecified atom stereocenters. The lowest BCUT2D eigenvalue weighted by atomic mass is 10.1. The molecule has 1 aliphatic heterocycles. The Morgan fingerprint density at radius 1 is 1.58 bits per heavy atom. The number of nitrogens with one attached hydrogen (secondary N) is 1. The molecule has 0 aliphatic carbocycles. The van der Waals surface area contributed by atoms with Crippen LogP contribution >= 0.6 is 0 Å². The van der Waals surface area contributed by atoms with E-state index < -0.39 is 0 Å². The van der Waals surface area contributed by atoms with Crippen LogP contribution in [0.3, 0.4) is 0 Å². The molecule has 1 N–H and O–H groups in total. The van der Waals surface area contributed by atoms with Gasteiger partial charge in [0.2, 0.25) is 0 Å². The molecule has 0 amide bonds. The first-order valence-electron chi connectivity index (χ1n) is 6.57. The lowest BCUT2D eigenvalue weighted by Crippen LogP contribution is -2.25. The lowest BCUT2D eigenvalue weighted by Gasteiger charge is -2.22. The van der Waals surface area contributed by atoms with Crippen LogP contribution in [-0.2, 0) is 11.3 Å². The van der Waals surface area contributed by atoms with Gasteiger partial charge < -0.3 is 14.1 Å². The van der Waals surface area contributed by atoms with Gasteiger partial charge in [-0.25, -0.2) is 4.98 Å². The maximum atomic E-state index is 5.51. The number of ether oxygens (including phenoxy) is 1. The molecule has 5 nitrogen and oxygen atoms in total. The van der Waals surface area contributed by atoms with Crippen molar-refractivity contribution in [3.05, 3.63) is 41.9 Å². The maximum absolute atomic E-state index is 5.51. The predicted octanol–water partition coefficient (Wildman–Crippen LogP) is 2.27. The zero-order valence-corrected chi connectivity index (χ0v) is 11.3. The van der Waals surface area contributed by atoms with E-state index in [0.717, 1.165) is 31.1 Å². The summed E-state index contributed by atoms with van der Waals surface area (Å²) in [6, 6.07) is 2.32. The minimum atomic E-state index is 0.266. The fourth-order valence-electron chi connectivity index (χ4n) is 2.75. The zero-order valence-electron chi connectivity index (χ0n) is 11.3. The topological polar surface area (TPSA) is 54.3 Å². The van der Waals surface area contributed by atoms with Crippen LogP contribution in [0.15, 0.2) is 29.1 Å². The third kappa shape index (κ3) is 2.43. The summed E-state index contributed by atoms with van der Waals surface area (Å²) in [4.78, 5) is 10.0. The van der Waals surface area contributed by atoms with Crippen LogP contribution in [0.1, 0.15) is 29.6 Å². The van der Waals surface area contributed by atoms with Gasteiger partial charge in [-0.3, -0.25) is 4.90 Å². The Morgan fingerprint density at radius 3 is 3.11 bits per heavy atom. The van der Waals surface area contributed by atoms with E-state index in [1.54, 1.807) is 19.6 Å². The summed E-state index contributed by atoms with van der Waals surface area (Å²) < 4.78 is 10.9. The lowest BCUT2D eigenvalue weighted by molar-refractivity contribution is 0.107. The number of imidazole rings is 1. The summed E-state index contributed by atoms with van der Waals surface area (Å²) in [5, 5.41) is 0. The number of aromatic nitrogens is 2. The molecule has 0 aromatic carbocycles. The number of furan rings is 1. The molecule has 1 aliphatic rings. The predicted molar refractivity (Wildman–Crippen MR) is 70.6 cm³/mol. The number of hydrogen-bond acceptors (Lipinski definition) is 4. The summed E-state index contributed by atoms with van der Waals surface area (Å²) in [7, 11) is 1.77. The standard InChI is InChI=1S/C14H19N3O2/c1-10-11(3-6-19-10)8-17-9-12(18-2)7-13(17)14-15-4-5-16-14/h3-6,12-13H,7-9H2,1-2H3,(H,15,16)/t12-,13?/m1/s1. The summed E-state index contributed by atoms with van der Waals surface area (Å²) >= 11 is 0. The van der Waals surface area contributed by atoms with Gasteiger partial charge in [0.25, 0.3) is 0 Å². The van der Waals surface area contributed by atoms with Crippen LogP contribution in [0.5, 0.6) is 0 Å². The van der Waals surface area contributed by atoms with Crippen molar-refractivity contribution in [2.75, 3.05) is 13.7 Å². The third-order valence-corrected chi connectivity index (χ3v) is 3.87. The van der Waals surface area contributed by atoms with Gasteiger partial charge in [-0.1, -0.05) is 0 Å². The van der Waals surface area contributed by atoms with Gasteiger partial charge in [0.1, 0.15) is 11.6 Å². The smallest absolute Gasteiger partial charge is 0.123 e. The highest BCUT2D eigenvalue weighted by Crippen LogP contribution is 2.33. The molecule has 19 heavy (non-hydrogen) atoms. The van der Waals surface area contributed by atoms with Gasteiger partial charge in [-0.2, -0.15) is 0 Å². The first kappa shape index (κ1) is 12.4. The van der Waals surface area contributed by atoms with Gasteiger partial charge in [-0.15, -0.1) is 0 Å². The molecule has 0 radical (unpaired) electrons. The van der Waals surface area contributed by atoms with Gasteiger partial charge >= 0.3 is 0 Å². The minimum Gasteiger partial charge on any atom is -0.469 e. The number of hydrogen-bond donors (Lipinski definition) is 1. The molecule has 3 rings (SSSR count). The average Bonchev–Trinajstić information content (AvgIpc) is 3.11. The normalized spacial score (nSPS) is 24.1. The first-order valence-corrected chi connectivity index (χ1v) is 6.57. The van der Waals surface area contributed by atoms with Crippen molar-refractivity contribution in [1.29, 1.82) is 0 Å². The van der Waals surface area contributed by atoms with Gasteiger partial charge in [0, 0.05) is 38.2 Å². The van der Waals surface area contributed by atoms with Crippen LogP contribution < -0.4 is 0 Å². The van der Waals surface area contributed by atoms with Crippen molar-refractivity contribution >= 4 is 0 Å². The quantitative estimate of drug-likeness (QED) is 0.917. The van der Waals surface area contributed by atoms with Crippen LogP contribution in [0.4, 0.5) is 0 Å².